The largest absolute Gasteiger partial charge is 0.319 e. The Kier molecular flexibility index (Phi) is 5.60. The van der Waals surface area contributed by atoms with Crippen LogP contribution in [0, 0.1) is 19.8 Å². The maximum Gasteiger partial charge on any atom is 0.260 e. The molecule has 1 amide bonds. The number of hydrogen-bond donors (Lipinski definition) is 1. The molecular weight excluding hydrogens is 364 g/mol. The van der Waals surface area contributed by atoms with Crippen LogP contribution in [0.25, 0.3) is 11.0 Å². The lowest BCUT2D eigenvalue weighted by atomic mass is 10.2. The van der Waals surface area contributed by atoms with Crippen LogP contribution < -0.4 is 5.43 Å². The zero-order chi connectivity index (χ0) is 19.6. The lowest BCUT2D eigenvalue weighted by Crippen LogP contribution is -2.23. The molecule has 0 aliphatic carbocycles. The zero-order valence-corrected chi connectivity index (χ0v) is 16.7. The van der Waals surface area contributed by atoms with E-state index < -0.39 is 0 Å². The van der Waals surface area contributed by atoms with Crippen LogP contribution in [0.4, 0.5) is 0 Å². The van der Waals surface area contributed by atoms with Crippen LogP contribution >= 0.6 is 11.6 Å². The van der Waals surface area contributed by atoms with E-state index in [0.29, 0.717) is 16.6 Å². The van der Waals surface area contributed by atoms with Crippen LogP contribution in [-0.4, -0.2) is 31.5 Å². The van der Waals surface area contributed by atoms with Crippen molar-refractivity contribution >= 4 is 34.8 Å². The Labute approximate surface area is 163 Å². The number of benzene rings is 1. The van der Waals surface area contributed by atoms with Crippen molar-refractivity contribution in [2.24, 2.45) is 11.0 Å². The van der Waals surface area contributed by atoms with Gasteiger partial charge >= 0.3 is 0 Å². The van der Waals surface area contributed by atoms with E-state index in [-0.39, 0.29) is 12.5 Å². The number of amides is 1. The molecule has 0 saturated heterocycles. The van der Waals surface area contributed by atoms with Crippen molar-refractivity contribution in [3.63, 3.8) is 0 Å². The van der Waals surface area contributed by atoms with Crippen molar-refractivity contribution in [2.75, 3.05) is 0 Å². The predicted molar refractivity (Wildman–Crippen MR) is 107 cm³/mol. The van der Waals surface area contributed by atoms with E-state index in [4.69, 9.17) is 11.6 Å². The highest BCUT2D eigenvalue weighted by Gasteiger charge is 2.13. The van der Waals surface area contributed by atoms with Gasteiger partial charge in [0.2, 0.25) is 0 Å². The number of carbonyl (C=O) groups is 1. The minimum absolute atomic E-state index is 0.142. The molecule has 3 aromatic rings. The van der Waals surface area contributed by atoms with E-state index in [9.17, 15) is 4.79 Å². The molecule has 0 radical (unpaired) electrons. The molecule has 0 aliphatic heterocycles. The fraction of sp³-hybridized carbons (Fsp3) is 0.368. The highest BCUT2D eigenvalue weighted by molar-refractivity contribution is 6.32. The van der Waals surface area contributed by atoms with E-state index in [2.05, 4.69) is 34.5 Å². The number of aryl methyl sites for hydroxylation is 2. The van der Waals surface area contributed by atoms with E-state index in [1.165, 1.54) is 6.21 Å². The standard InChI is InChI=1S/C19H23ClN6O/c1-12(2)10-26-19(20)15(13(3)24-26)9-21-23-18(27)11-25-14(4)22-16-7-5-6-8-17(16)25/h5-9,12H,10-11H2,1-4H3,(H,23,27)/b21-9-. The lowest BCUT2D eigenvalue weighted by Gasteiger charge is -2.06. The normalized spacial score (nSPS) is 11.8. The second kappa shape index (κ2) is 7.92. The molecule has 142 valence electrons. The Balaban J connectivity index is 1.69. The maximum absolute atomic E-state index is 12.3. The van der Waals surface area contributed by atoms with Crippen molar-refractivity contribution in [2.45, 2.75) is 40.8 Å². The Morgan fingerprint density at radius 2 is 2.07 bits per heavy atom. The van der Waals surface area contributed by atoms with Gasteiger partial charge in [0.15, 0.2) is 0 Å². The van der Waals surface area contributed by atoms with Gasteiger partial charge in [-0.1, -0.05) is 37.6 Å². The van der Waals surface area contributed by atoms with Crippen LogP contribution in [0.2, 0.25) is 5.15 Å². The molecule has 0 unspecified atom stereocenters. The quantitative estimate of drug-likeness (QED) is 0.521. The summed E-state index contributed by atoms with van der Waals surface area (Å²) in [4.78, 5) is 16.7. The van der Waals surface area contributed by atoms with Crippen LogP contribution in [-0.2, 0) is 17.9 Å². The molecule has 1 aromatic carbocycles. The number of hydrogen-bond acceptors (Lipinski definition) is 4. The first kappa shape index (κ1) is 19.1. The summed E-state index contributed by atoms with van der Waals surface area (Å²) in [5, 5.41) is 9.00. The summed E-state index contributed by atoms with van der Waals surface area (Å²) < 4.78 is 3.62. The molecule has 0 spiro atoms. The van der Waals surface area contributed by atoms with E-state index >= 15 is 0 Å². The van der Waals surface area contributed by atoms with Crippen molar-refractivity contribution in [3.8, 4) is 0 Å². The third kappa shape index (κ3) is 4.19. The molecule has 7 nitrogen and oxygen atoms in total. The Bertz CT molecular complexity index is 1000. The van der Waals surface area contributed by atoms with Gasteiger partial charge in [-0.25, -0.2) is 10.4 Å². The number of rotatable bonds is 6. The summed E-state index contributed by atoms with van der Waals surface area (Å²) in [5.74, 6) is 0.976. The summed E-state index contributed by atoms with van der Waals surface area (Å²) in [6.45, 7) is 8.82. The number of nitrogens with zero attached hydrogens (tertiary/aromatic N) is 5. The van der Waals surface area contributed by atoms with E-state index in [1.807, 2.05) is 42.7 Å². The Morgan fingerprint density at radius 3 is 2.81 bits per heavy atom. The van der Waals surface area contributed by atoms with Crippen LogP contribution in [0.1, 0.15) is 30.9 Å². The number of hydrazone groups is 1. The van der Waals surface area contributed by atoms with Crippen molar-refractivity contribution in [3.05, 3.63) is 46.5 Å². The van der Waals surface area contributed by atoms with Crippen LogP contribution in [0.5, 0.6) is 0 Å². The third-order valence-corrected chi connectivity index (χ3v) is 4.58. The molecule has 3 rings (SSSR count). The smallest absolute Gasteiger partial charge is 0.260 e. The van der Waals surface area contributed by atoms with Gasteiger partial charge in [0, 0.05) is 6.54 Å². The number of halogens is 1. The molecule has 27 heavy (non-hydrogen) atoms. The molecule has 0 aliphatic rings. The molecule has 0 saturated carbocycles. The van der Waals surface area contributed by atoms with Gasteiger partial charge in [0.1, 0.15) is 17.5 Å². The Hall–Kier alpha value is -2.67. The second-order valence-electron chi connectivity index (χ2n) is 6.89. The third-order valence-electron chi connectivity index (χ3n) is 4.18. The number of carbonyl (C=O) groups excluding carboxylic acids is 1. The second-order valence-corrected chi connectivity index (χ2v) is 7.25. The van der Waals surface area contributed by atoms with Gasteiger partial charge in [-0.05, 0) is 31.9 Å². The number of nitrogens with one attached hydrogen (secondary N) is 1. The molecule has 0 atom stereocenters. The molecule has 8 heteroatoms. The summed E-state index contributed by atoms with van der Waals surface area (Å²) in [7, 11) is 0. The van der Waals surface area contributed by atoms with Crippen molar-refractivity contribution in [1.29, 1.82) is 0 Å². The summed E-state index contributed by atoms with van der Waals surface area (Å²) in [6, 6.07) is 7.72. The van der Waals surface area contributed by atoms with Gasteiger partial charge in [0.05, 0.1) is 28.5 Å². The molecule has 1 N–H and O–H groups in total. The van der Waals surface area contributed by atoms with E-state index in [1.54, 1.807) is 4.68 Å². The molecule has 0 bridgehead atoms. The van der Waals surface area contributed by atoms with Crippen LogP contribution in [0.3, 0.4) is 0 Å². The first-order chi connectivity index (χ1) is 12.9. The molecule has 2 aromatic heterocycles. The van der Waals surface area contributed by atoms with Crippen LogP contribution in [0.15, 0.2) is 29.4 Å². The fourth-order valence-corrected chi connectivity index (χ4v) is 3.22. The average molecular weight is 387 g/mol. The topological polar surface area (TPSA) is 77.1 Å². The number of para-hydroxylation sites is 2. The van der Waals surface area contributed by atoms with Gasteiger partial charge in [-0.3, -0.25) is 9.48 Å². The lowest BCUT2D eigenvalue weighted by molar-refractivity contribution is -0.121. The number of fused-ring (bicyclic) bond motifs is 1. The molecule has 2 heterocycles. The highest BCUT2D eigenvalue weighted by atomic mass is 35.5. The number of aromatic nitrogens is 4. The van der Waals surface area contributed by atoms with Gasteiger partial charge in [-0.15, -0.1) is 0 Å². The first-order valence-electron chi connectivity index (χ1n) is 8.83. The maximum atomic E-state index is 12.3. The Morgan fingerprint density at radius 1 is 1.33 bits per heavy atom. The van der Waals surface area contributed by atoms with Gasteiger partial charge in [0.25, 0.3) is 5.91 Å². The summed E-state index contributed by atoms with van der Waals surface area (Å²) in [5.41, 5.74) is 5.82. The van der Waals surface area contributed by atoms with Gasteiger partial charge < -0.3 is 4.57 Å². The summed E-state index contributed by atoms with van der Waals surface area (Å²) in [6.07, 6.45) is 1.54. The molecule has 0 fully saturated rings. The monoisotopic (exact) mass is 386 g/mol. The predicted octanol–water partition coefficient (Wildman–Crippen LogP) is 3.31. The molecular formula is C19H23ClN6O. The minimum atomic E-state index is -0.235. The van der Waals surface area contributed by atoms with Crippen molar-refractivity contribution in [1.82, 2.24) is 24.8 Å². The van der Waals surface area contributed by atoms with Gasteiger partial charge in [-0.2, -0.15) is 10.2 Å². The fourth-order valence-electron chi connectivity index (χ4n) is 2.92. The zero-order valence-electron chi connectivity index (χ0n) is 15.9. The summed E-state index contributed by atoms with van der Waals surface area (Å²) >= 11 is 6.37. The average Bonchev–Trinajstić information content (AvgIpc) is 3.05. The van der Waals surface area contributed by atoms with Crippen molar-refractivity contribution < 1.29 is 4.79 Å². The van der Waals surface area contributed by atoms with E-state index in [0.717, 1.165) is 29.1 Å². The SMILES string of the molecule is Cc1nn(CC(C)C)c(Cl)c1/C=N\NC(=O)Cn1c(C)nc2ccccc21. The number of imidazole rings is 1. The minimum Gasteiger partial charge on any atom is -0.319 e. The highest BCUT2D eigenvalue weighted by Crippen LogP contribution is 2.19. The first-order valence-corrected chi connectivity index (χ1v) is 9.21.